The van der Waals surface area contributed by atoms with Crippen LogP contribution < -0.4 is 5.73 Å². The molecule has 270 valence electrons. The fourth-order valence-electron chi connectivity index (χ4n) is 4.89. The van der Waals surface area contributed by atoms with E-state index in [2.05, 4.69) is 50.3 Å². The van der Waals surface area contributed by atoms with Gasteiger partial charge in [0.1, 0.15) is 6.10 Å². The lowest BCUT2D eigenvalue weighted by Gasteiger charge is -2.20. The van der Waals surface area contributed by atoms with Crippen molar-refractivity contribution in [2.75, 3.05) is 33.0 Å². The van der Waals surface area contributed by atoms with Gasteiger partial charge in [-0.15, -0.1) is 0 Å². The second-order valence-corrected chi connectivity index (χ2v) is 13.5. The van der Waals surface area contributed by atoms with Crippen molar-refractivity contribution in [1.82, 2.24) is 0 Å². The number of carbonyl (C=O) groups excluding carboxylic acids is 1. The van der Waals surface area contributed by atoms with Crippen LogP contribution in [0.5, 0.6) is 0 Å². The molecule has 0 aromatic heterocycles. The van der Waals surface area contributed by atoms with E-state index < -0.39 is 13.9 Å². The third-order valence-electron chi connectivity index (χ3n) is 7.57. The minimum atomic E-state index is -4.27. The van der Waals surface area contributed by atoms with E-state index in [0.717, 1.165) is 57.8 Å². The zero-order valence-corrected chi connectivity index (χ0v) is 30.4. The first-order valence-electron chi connectivity index (χ1n) is 18.5. The van der Waals surface area contributed by atoms with Gasteiger partial charge in [-0.05, 0) is 44.9 Å². The number of allylic oxidation sites excluding steroid dienone is 6. The molecule has 3 N–H and O–H groups in total. The fraction of sp³-hybridized carbons (Fsp3) is 0.811. The summed E-state index contributed by atoms with van der Waals surface area (Å²) in [6.45, 7) is 4.76. The summed E-state index contributed by atoms with van der Waals surface area (Å²) in [5.41, 5.74) is 5.34. The van der Waals surface area contributed by atoms with Crippen LogP contribution >= 0.6 is 7.82 Å². The minimum absolute atomic E-state index is 0.0956. The Hall–Kier alpha value is -1.28. The molecule has 0 rings (SSSR count). The normalized spacial score (nSPS) is 14.1. The summed E-state index contributed by atoms with van der Waals surface area (Å²) in [5.74, 6) is -0.359. The van der Waals surface area contributed by atoms with Gasteiger partial charge in [0.2, 0.25) is 0 Å². The highest BCUT2D eigenvalue weighted by Gasteiger charge is 2.25. The summed E-state index contributed by atoms with van der Waals surface area (Å²) in [6.07, 6.45) is 37.3. The summed E-state index contributed by atoms with van der Waals surface area (Å²) >= 11 is 0. The molecule has 8 nitrogen and oxygen atoms in total. The molecule has 0 aromatic rings. The Labute approximate surface area is 282 Å². The van der Waals surface area contributed by atoms with Gasteiger partial charge in [0.15, 0.2) is 0 Å². The monoisotopic (exact) mass is 671 g/mol. The zero-order valence-electron chi connectivity index (χ0n) is 29.6. The summed E-state index contributed by atoms with van der Waals surface area (Å²) in [7, 11) is -4.27. The van der Waals surface area contributed by atoms with Crippen LogP contribution in [0.15, 0.2) is 36.5 Å². The molecule has 0 aliphatic rings. The van der Waals surface area contributed by atoms with Crippen molar-refractivity contribution >= 4 is 13.8 Å². The summed E-state index contributed by atoms with van der Waals surface area (Å²) in [5, 5.41) is 0. The Morgan fingerprint density at radius 1 is 0.674 bits per heavy atom. The van der Waals surface area contributed by atoms with E-state index in [0.29, 0.717) is 6.61 Å². The molecule has 2 atom stereocenters. The first-order valence-corrected chi connectivity index (χ1v) is 20.0. The van der Waals surface area contributed by atoms with Crippen LogP contribution in [-0.4, -0.2) is 49.9 Å². The lowest BCUT2D eigenvalue weighted by Crippen LogP contribution is -2.28. The molecule has 9 heteroatoms. The van der Waals surface area contributed by atoms with E-state index in [1.807, 2.05) is 0 Å². The van der Waals surface area contributed by atoms with E-state index in [1.54, 1.807) is 0 Å². The number of nitrogens with two attached hydrogens (primary N) is 1. The molecule has 0 heterocycles. The molecule has 0 aliphatic heterocycles. The predicted molar refractivity (Wildman–Crippen MR) is 192 cm³/mol. The van der Waals surface area contributed by atoms with E-state index in [9.17, 15) is 14.3 Å². The summed E-state index contributed by atoms with van der Waals surface area (Å²) in [4.78, 5) is 22.3. The van der Waals surface area contributed by atoms with Gasteiger partial charge < -0.3 is 20.1 Å². The molecule has 0 radical (unpaired) electrons. The molecule has 46 heavy (non-hydrogen) atoms. The van der Waals surface area contributed by atoms with Crippen LogP contribution in [-0.2, 0) is 27.9 Å². The molecule has 0 aliphatic carbocycles. The van der Waals surface area contributed by atoms with Gasteiger partial charge in [0.25, 0.3) is 0 Å². The Bertz CT molecular complexity index is 803. The summed E-state index contributed by atoms with van der Waals surface area (Å²) in [6, 6.07) is 0. The highest BCUT2D eigenvalue weighted by molar-refractivity contribution is 7.47. The number of ether oxygens (including phenoxy) is 2. The number of phosphoric acid groups is 1. The number of hydrogen-bond donors (Lipinski definition) is 2. The van der Waals surface area contributed by atoms with Crippen LogP contribution in [0.2, 0.25) is 0 Å². The first-order chi connectivity index (χ1) is 22.4. The molecular weight excluding hydrogens is 601 g/mol. The van der Waals surface area contributed by atoms with Gasteiger partial charge in [-0.2, -0.15) is 0 Å². The number of unbranched alkanes of at least 4 members (excludes halogenated alkanes) is 16. The molecule has 0 bridgehead atoms. The third-order valence-corrected chi connectivity index (χ3v) is 8.56. The van der Waals surface area contributed by atoms with E-state index in [1.165, 1.54) is 77.0 Å². The number of esters is 1. The van der Waals surface area contributed by atoms with E-state index in [-0.39, 0.29) is 38.8 Å². The lowest BCUT2D eigenvalue weighted by molar-refractivity contribution is -0.154. The highest BCUT2D eigenvalue weighted by Crippen LogP contribution is 2.43. The fourth-order valence-corrected chi connectivity index (χ4v) is 5.66. The lowest BCUT2D eigenvalue weighted by atomic mass is 10.0. The molecule has 0 spiro atoms. The maximum Gasteiger partial charge on any atom is 0.472 e. The molecular formula is C37H70NO7P. The molecule has 0 fully saturated rings. The predicted octanol–water partition coefficient (Wildman–Crippen LogP) is 10.3. The van der Waals surface area contributed by atoms with Gasteiger partial charge >= 0.3 is 13.8 Å². The second kappa shape index (κ2) is 35.0. The second-order valence-electron chi connectivity index (χ2n) is 12.1. The average Bonchev–Trinajstić information content (AvgIpc) is 3.04. The van der Waals surface area contributed by atoms with Crippen LogP contribution in [0.1, 0.15) is 155 Å². The van der Waals surface area contributed by atoms with Crippen molar-refractivity contribution in [2.24, 2.45) is 5.73 Å². The van der Waals surface area contributed by atoms with Gasteiger partial charge in [0, 0.05) is 19.6 Å². The summed E-state index contributed by atoms with van der Waals surface area (Å²) < 4.78 is 33.2. The van der Waals surface area contributed by atoms with Crippen LogP contribution in [0.4, 0.5) is 0 Å². The largest absolute Gasteiger partial charge is 0.472 e. The molecule has 0 saturated carbocycles. The molecule has 2 unspecified atom stereocenters. The number of carbonyl (C=O) groups is 1. The van der Waals surface area contributed by atoms with Crippen molar-refractivity contribution in [3.05, 3.63) is 36.5 Å². The standard InChI is InChI=1S/C37H70NO7P/c1-3-5-7-9-11-13-15-17-19-21-23-25-27-29-32-42-34-36(35-44-46(40,41)43-33-31-38)45-37(39)30-28-26-24-22-20-18-16-14-12-10-8-6-4-2/h6,8,12,14,18,20,36H,3-5,7,9-11,13,15-17,19,21-35,38H2,1-2H3,(H,40,41)/b8-6-,14-12-,20-18-. The molecule has 0 saturated heterocycles. The Kier molecular flexibility index (Phi) is 34.1. The molecule has 0 aromatic carbocycles. The minimum Gasteiger partial charge on any atom is -0.457 e. The number of rotatable bonds is 35. The first kappa shape index (κ1) is 44.7. The number of hydrogen-bond acceptors (Lipinski definition) is 7. The highest BCUT2D eigenvalue weighted by atomic mass is 31.2. The van der Waals surface area contributed by atoms with E-state index in [4.69, 9.17) is 24.3 Å². The topological polar surface area (TPSA) is 117 Å². The van der Waals surface area contributed by atoms with Crippen molar-refractivity contribution in [2.45, 2.75) is 161 Å². The zero-order chi connectivity index (χ0) is 33.8. The molecule has 0 amide bonds. The van der Waals surface area contributed by atoms with Gasteiger partial charge in [-0.1, -0.05) is 140 Å². The van der Waals surface area contributed by atoms with Gasteiger partial charge in [0.05, 0.1) is 19.8 Å². The number of phosphoric ester groups is 1. The van der Waals surface area contributed by atoms with E-state index >= 15 is 0 Å². The third kappa shape index (κ3) is 34.1. The van der Waals surface area contributed by atoms with Crippen molar-refractivity contribution < 1.29 is 32.8 Å². The smallest absolute Gasteiger partial charge is 0.457 e. The quantitative estimate of drug-likeness (QED) is 0.0296. The maximum atomic E-state index is 12.5. The van der Waals surface area contributed by atoms with Crippen molar-refractivity contribution in [1.29, 1.82) is 0 Å². The Balaban J connectivity index is 4.14. The maximum absolute atomic E-state index is 12.5. The van der Waals surface area contributed by atoms with Crippen molar-refractivity contribution in [3.8, 4) is 0 Å². The van der Waals surface area contributed by atoms with Crippen molar-refractivity contribution in [3.63, 3.8) is 0 Å². The van der Waals surface area contributed by atoms with Gasteiger partial charge in [-0.25, -0.2) is 4.57 Å². The van der Waals surface area contributed by atoms with Gasteiger partial charge in [-0.3, -0.25) is 13.8 Å². The SMILES string of the molecule is CC/C=C\C/C=C\C/C=C\CCCCCC(=O)OC(COCCCCCCCCCCCCCCCC)COP(=O)(O)OCCN. The Morgan fingerprint density at radius 2 is 1.22 bits per heavy atom. The van der Waals surface area contributed by atoms with Crippen LogP contribution in [0, 0.1) is 0 Å². The van der Waals surface area contributed by atoms with Crippen LogP contribution in [0.3, 0.4) is 0 Å². The van der Waals surface area contributed by atoms with Crippen LogP contribution in [0.25, 0.3) is 0 Å². The Morgan fingerprint density at radius 3 is 1.80 bits per heavy atom. The average molecular weight is 672 g/mol.